The van der Waals surface area contributed by atoms with Crippen LogP contribution in [-0.2, 0) is 25.7 Å². The lowest BCUT2D eigenvalue weighted by Crippen LogP contribution is -2.40. The lowest BCUT2D eigenvalue weighted by atomic mass is 9.63. The molecule has 2 bridgehead atoms. The van der Waals surface area contributed by atoms with Crippen molar-refractivity contribution in [2.24, 2.45) is 35.5 Å². The van der Waals surface area contributed by atoms with Gasteiger partial charge >= 0.3 is 5.97 Å². The van der Waals surface area contributed by atoms with E-state index in [9.17, 15) is 19.2 Å². The molecule has 4 aliphatic carbocycles. The molecule has 35 heavy (non-hydrogen) atoms. The van der Waals surface area contributed by atoms with Crippen LogP contribution in [0.2, 0.25) is 0 Å². The number of amides is 2. The van der Waals surface area contributed by atoms with Crippen molar-refractivity contribution in [3.63, 3.8) is 0 Å². The second-order valence-corrected chi connectivity index (χ2v) is 9.80. The Kier molecular flexibility index (Phi) is 5.28. The Balaban J connectivity index is 1.01. The van der Waals surface area contributed by atoms with Gasteiger partial charge < -0.3 is 9.47 Å². The zero-order valence-electron chi connectivity index (χ0n) is 19.0. The number of allylic oxidation sites excluding steroid dienone is 2. The van der Waals surface area contributed by atoms with Gasteiger partial charge in [-0.3, -0.25) is 24.1 Å². The fraction of sp³-hybridized carbons (Fsp3) is 0.357. The van der Waals surface area contributed by atoms with Crippen LogP contribution in [-0.4, -0.2) is 41.6 Å². The van der Waals surface area contributed by atoms with Crippen molar-refractivity contribution in [2.45, 2.75) is 13.0 Å². The Bertz CT molecular complexity index is 1180. The smallest absolute Gasteiger partial charge is 0.326 e. The summed E-state index contributed by atoms with van der Waals surface area (Å²) in [5.74, 6) is -0.548. The first kappa shape index (κ1) is 21.8. The molecule has 6 atom stereocenters. The number of carbonyl (C=O) groups is 4. The Morgan fingerprint density at radius 3 is 2.11 bits per heavy atom. The average Bonchev–Trinajstić information content (AvgIpc) is 3.68. The maximum Gasteiger partial charge on any atom is 0.326 e. The summed E-state index contributed by atoms with van der Waals surface area (Å²) in [5.41, 5.74) is 1.42. The summed E-state index contributed by atoms with van der Waals surface area (Å²) in [5, 5.41) is 0. The maximum absolute atomic E-state index is 13.0. The molecule has 7 heteroatoms. The van der Waals surface area contributed by atoms with Crippen LogP contribution in [0.25, 0.3) is 0 Å². The van der Waals surface area contributed by atoms with Crippen LogP contribution in [0.5, 0.6) is 5.75 Å². The Labute approximate surface area is 202 Å². The van der Waals surface area contributed by atoms with E-state index in [-0.39, 0.29) is 41.3 Å². The zero-order valence-corrected chi connectivity index (χ0v) is 19.0. The van der Waals surface area contributed by atoms with Crippen molar-refractivity contribution in [2.75, 3.05) is 13.2 Å². The molecule has 2 aromatic rings. The fourth-order valence-electron chi connectivity index (χ4n) is 6.06. The minimum absolute atomic E-state index is 0.105. The third-order valence-electron chi connectivity index (χ3n) is 7.83. The van der Waals surface area contributed by atoms with Crippen LogP contribution in [0.4, 0.5) is 0 Å². The van der Waals surface area contributed by atoms with Gasteiger partial charge in [-0.1, -0.05) is 42.5 Å². The summed E-state index contributed by atoms with van der Waals surface area (Å²) in [6.07, 6.45) is 5.26. The molecule has 0 N–H and O–H groups in total. The van der Waals surface area contributed by atoms with Gasteiger partial charge in [0.1, 0.15) is 18.9 Å². The molecule has 2 aromatic carbocycles. The number of Topliss-reactive ketones (excluding diaryl/α,β-unsaturated/α-hetero) is 1. The molecule has 0 aromatic heterocycles. The number of rotatable bonds is 8. The summed E-state index contributed by atoms with van der Waals surface area (Å²) in [7, 11) is 0. The SMILES string of the molecule is O=C(CN1C(=O)[C@@H]2[C@H]3C=C[C@@H]([C@@H]4C[C@@H]34)[C@@H]2C1=O)OCC(=O)c1ccc(OCc2ccccc2)cc1. The lowest BCUT2D eigenvalue weighted by Gasteiger charge is -2.37. The molecule has 0 spiro atoms. The van der Waals surface area contributed by atoms with Crippen LogP contribution >= 0.6 is 0 Å². The van der Waals surface area contributed by atoms with Crippen LogP contribution in [0.1, 0.15) is 22.3 Å². The van der Waals surface area contributed by atoms with E-state index in [1.807, 2.05) is 30.3 Å². The first-order chi connectivity index (χ1) is 17.0. The molecule has 178 valence electrons. The summed E-state index contributed by atoms with van der Waals surface area (Å²) in [6.45, 7) is -0.484. The minimum atomic E-state index is -0.757. The van der Waals surface area contributed by atoms with E-state index in [1.165, 1.54) is 0 Å². The summed E-state index contributed by atoms with van der Waals surface area (Å²) in [4.78, 5) is 51.8. The van der Waals surface area contributed by atoms with Crippen molar-refractivity contribution in [3.8, 4) is 5.75 Å². The summed E-state index contributed by atoms with van der Waals surface area (Å²) in [6, 6.07) is 16.3. The third kappa shape index (κ3) is 3.85. The first-order valence-electron chi connectivity index (χ1n) is 12.0. The standard InChI is InChI=1S/C28H25NO6/c30-23(17-6-8-18(9-7-17)34-14-16-4-2-1-3-5-16)15-35-24(31)13-29-27(32)25-19-10-11-20(22-12-21(19)22)26(25)28(29)33/h1-11,19-22,25-26H,12-15H2/t19-,20-,21-,22-,25-,26+/m0/s1. The Morgan fingerprint density at radius 2 is 1.49 bits per heavy atom. The van der Waals surface area contributed by atoms with E-state index in [4.69, 9.17) is 9.47 Å². The number of nitrogens with zero attached hydrogens (tertiary/aromatic N) is 1. The quantitative estimate of drug-likeness (QED) is 0.254. The van der Waals surface area contributed by atoms with Gasteiger partial charge in [-0.25, -0.2) is 0 Å². The van der Waals surface area contributed by atoms with Gasteiger partial charge in [0.05, 0.1) is 11.8 Å². The van der Waals surface area contributed by atoms with Crippen molar-refractivity contribution in [1.29, 1.82) is 0 Å². The predicted molar refractivity (Wildman–Crippen MR) is 124 cm³/mol. The fourth-order valence-corrected chi connectivity index (χ4v) is 6.06. The Morgan fingerprint density at radius 1 is 0.857 bits per heavy atom. The summed E-state index contributed by atoms with van der Waals surface area (Å²) < 4.78 is 10.8. The monoisotopic (exact) mass is 471 g/mol. The van der Waals surface area contributed by atoms with Crippen LogP contribution in [0.15, 0.2) is 66.7 Å². The van der Waals surface area contributed by atoms with E-state index >= 15 is 0 Å². The molecule has 5 aliphatic rings. The number of esters is 1. The molecular weight excluding hydrogens is 446 g/mol. The molecule has 0 radical (unpaired) electrons. The largest absolute Gasteiger partial charge is 0.489 e. The lowest BCUT2D eigenvalue weighted by molar-refractivity contribution is -0.152. The molecule has 7 nitrogen and oxygen atoms in total. The van der Waals surface area contributed by atoms with E-state index in [0.717, 1.165) is 16.9 Å². The molecular formula is C28H25NO6. The van der Waals surface area contributed by atoms with Crippen molar-refractivity contribution in [1.82, 2.24) is 4.90 Å². The number of likely N-dealkylation sites (tertiary alicyclic amines) is 1. The van der Waals surface area contributed by atoms with Gasteiger partial charge in [0.2, 0.25) is 11.8 Å². The number of carbonyl (C=O) groups excluding carboxylic acids is 4. The molecule has 3 fully saturated rings. The number of imide groups is 1. The summed E-state index contributed by atoms with van der Waals surface area (Å²) >= 11 is 0. The predicted octanol–water partition coefficient (Wildman–Crippen LogP) is 3.04. The number of benzene rings is 2. The normalized spacial score (nSPS) is 29.5. The number of ether oxygens (including phenoxy) is 2. The van der Waals surface area contributed by atoms with Crippen LogP contribution in [0, 0.1) is 35.5 Å². The van der Waals surface area contributed by atoms with E-state index in [0.29, 0.717) is 29.8 Å². The highest BCUT2D eigenvalue weighted by atomic mass is 16.5. The molecule has 1 saturated heterocycles. The van der Waals surface area contributed by atoms with Crippen molar-refractivity contribution >= 4 is 23.6 Å². The third-order valence-corrected chi connectivity index (χ3v) is 7.83. The topological polar surface area (TPSA) is 90.0 Å². The van der Waals surface area contributed by atoms with Gasteiger partial charge in [-0.2, -0.15) is 0 Å². The van der Waals surface area contributed by atoms with Gasteiger partial charge in [-0.15, -0.1) is 0 Å². The van der Waals surface area contributed by atoms with E-state index in [2.05, 4.69) is 12.2 Å². The average molecular weight is 472 g/mol. The van der Waals surface area contributed by atoms with Gasteiger partial charge in [0.15, 0.2) is 12.4 Å². The van der Waals surface area contributed by atoms with E-state index < -0.39 is 19.1 Å². The van der Waals surface area contributed by atoms with Crippen molar-refractivity contribution in [3.05, 3.63) is 77.9 Å². The number of hydrogen-bond donors (Lipinski definition) is 0. The second-order valence-electron chi connectivity index (χ2n) is 9.80. The van der Waals surface area contributed by atoms with Gasteiger partial charge in [0, 0.05) is 5.56 Å². The molecule has 1 heterocycles. The zero-order chi connectivity index (χ0) is 24.1. The minimum Gasteiger partial charge on any atom is -0.489 e. The molecule has 0 unspecified atom stereocenters. The molecule has 1 aliphatic heterocycles. The first-order valence-corrected chi connectivity index (χ1v) is 12.0. The van der Waals surface area contributed by atoms with Crippen molar-refractivity contribution < 1.29 is 28.7 Å². The second kappa shape index (κ2) is 8.48. The molecule has 7 rings (SSSR count). The highest BCUT2D eigenvalue weighted by Crippen LogP contribution is 2.65. The van der Waals surface area contributed by atoms with E-state index in [1.54, 1.807) is 24.3 Å². The van der Waals surface area contributed by atoms with Crippen LogP contribution in [0.3, 0.4) is 0 Å². The molecule has 2 saturated carbocycles. The van der Waals surface area contributed by atoms with Gasteiger partial charge in [-0.05, 0) is 59.9 Å². The number of hydrogen-bond acceptors (Lipinski definition) is 6. The highest BCUT2D eigenvalue weighted by Gasteiger charge is 2.67. The highest BCUT2D eigenvalue weighted by molar-refractivity contribution is 6.08. The molecule has 2 amide bonds. The number of ketones is 1. The van der Waals surface area contributed by atoms with Gasteiger partial charge in [0.25, 0.3) is 0 Å². The van der Waals surface area contributed by atoms with Crippen LogP contribution < -0.4 is 4.74 Å². The maximum atomic E-state index is 13.0. The Hall–Kier alpha value is -3.74.